The van der Waals surface area contributed by atoms with Gasteiger partial charge in [-0.1, -0.05) is 43.2 Å². The standard InChI is InChI=1S/C17H23NO4S2/c1-11(2)21-15(19)10-14(17(20)22-12(3)4)16(23)18(24)13-8-6-5-7-9-13/h5-9,11-12,14,24H,10H2,1-4H3. The average molecular weight is 370 g/mol. The van der Waals surface area contributed by atoms with E-state index in [2.05, 4.69) is 12.8 Å². The second kappa shape index (κ2) is 9.64. The lowest BCUT2D eigenvalue weighted by molar-refractivity contribution is -0.156. The fourth-order valence-electron chi connectivity index (χ4n) is 1.91. The third-order valence-corrected chi connectivity index (χ3v) is 3.93. The van der Waals surface area contributed by atoms with Gasteiger partial charge in [0.2, 0.25) is 0 Å². The Kier molecular flexibility index (Phi) is 8.21. The lowest BCUT2D eigenvalue weighted by Gasteiger charge is -2.25. The van der Waals surface area contributed by atoms with Gasteiger partial charge in [-0.25, -0.2) is 0 Å². The van der Waals surface area contributed by atoms with Crippen molar-refractivity contribution in [3.63, 3.8) is 0 Å². The monoisotopic (exact) mass is 369 g/mol. The van der Waals surface area contributed by atoms with Crippen LogP contribution in [0.1, 0.15) is 34.1 Å². The zero-order chi connectivity index (χ0) is 18.3. The minimum absolute atomic E-state index is 0.188. The Hall–Kier alpha value is -1.60. The first-order chi connectivity index (χ1) is 11.2. The van der Waals surface area contributed by atoms with Gasteiger partial charge in [0, 0.05) is 0 Å². The van der Waals surface area contributed by atoms with Crippen LogP contribution in [0, 0.1) is 5.92 Å². The van der Waals surface area contributed by atoms with Crippen LogP contribution in [0.5, 0.6) is 0 Å². The fraction of sp³-hybridized carbons (Fsp3) is 0.471. The molecule has 0 aliphatic rings. The second-order valence-electron chi connectivity index (χ2n) is 5.77. The summed E-state index contributed by atoms with van der Waals surface area (Å²) in [6.07, 6.45) is -0.769. The largest absolute Gasteiger partial charge is 0.463 e. The van der Waals surface area contributed by atoms with E-state index in [1.54, 1.807) is 39.8 Å². The van der Waals surface area contributed by atoms with Gasteiger partial charge in [0.1, 0.15) is 10.9 Å². The normalized spacial score (nSPS) is 12.0. The minimum Gasteiger partial charge on any atom is -0.463 e. The van der Waals surface area contributed by atoms with Crippen LogP contribution in [0.25, 0.3) is 0 Å². The molecule has 0 aromatic heterocycles. The molecule has 132 valence electrons. The van der Waals surface area contributed by atoms with Crippen molar-refractivity contribution in [2.45, 2.75) is 46.3 Å². The number of nitrogens with zero attached hydrogens (tertiary/aromatic N) is 1. The lowest BCUT2D eigenvalue weighted by Crippen LogP contribution is -2.37. The van der Waals surface area contributed by atoms with E-state index in [1.807, 2.05) is 18.2 Å². The van der Waals surface area contributed by atoms with Crippen LogP contribution in [-0.2, 0) is 19.1 Å². The molecule has 24 heavy (non-hydrogen) atoms. The van der Waals surface area contributed by atoms with E-state index in [0.29, 0.717) is 5.69 Å². The highest BCUT2D eigenvalue weighted by molar-refractivity contribution is 7.87. The van der Waals surface area contributed by atoms with Crippen molar-refractivity contribution in [3.8, 4) is 0 Å². The quantitative estimate of drug-likeness (QED) is 0.450. The van der Waals surface area contributed by atoms with Crippen molar-refractivity contribution in [1.29, 1.82) is 0 Å². The molecule has 0 saturated carbocycles. The number of carbonyl (C=O) groups excluding carboxylic acids is 2. The molecule has 0 radical (unpaired) electrons. The molecule has 0 bridgehead atoms. The van der Waals surface area contributed by atoms with Crippen LogP contribution in [0.3, 0.4) is 0 Å². The number of hydrogen-bond acceptors (Lipinski definition) is 6. The Morgan fingerprint density at radius 1 is 1.08 bits per heavy atom. The molecular weight excluding hydrogens is 346 g/mol. The number of thiocarbonyl (C=S) groups is 1. The Morgan fingerprint density at radius 2 is 1.62 bits per heavy atom. The van der Waals surface area contributed by atoms with E-state index < -0.39 is 17.9 Å². The predicted octanol–water partition coefficient (Wildman–Crippen LogP) is 3.57. The van der Waals surface area contributed by atoms with Crippen LogP contribution in [-0.4, -0.2) is 29.1 Å². The Morgan fingerprint density at radius 3 is 2.12 bits per heavy atom. The highest BCUT2D eigenvalue weighted by atomic mass is 32.1. The number of carbonyl (C=O) groups is 2. The summed E-state index contributed by atoms with van der Waals surface area (Å²) in [6, 6.07) is 9.12. The number of anilines is 1. The summed E-state index contributed by atoms with van der Waals surface area (Å²) in [5, 5.41) is 0. The molecule has 5 nitrogen and oxygen atoms in total. The number of rotatable bonds is 7. The Labute approximate surface area is 153 Å². The first kappa shape index (κ1) is 20.4. The van der Waals surface area contributed by atoms with Gasteiger partial charge in [-0.15, -0.1) is 0 Å². The third kappa shape index (κ3) is 6.49. The van der Waals surface area contributed by atoms with Crippen molar-refractivity contribution >= 4 is 47.6 Å². The molecule has 0 heterocycles. The Bertz CT molecular complexity index is 575. The topological polar surface area (TPSA) is 55.8 Å². The van der Waals surface area contributed by atoms with E-state index in [-0.39, 0.29) is 23.6 Å². The van der Waals surface area contributed by atoms with Gasteiger partial charge in [0.25, 0.3) is 0 Å². The summed E-state index contributed by atoms with van der Waals surface area (Å²) >= 11 is 9.75. The smallest absolute Gasteiger partial charge is 0.316 e. The fourth-order valence-corrected chi connectivity index (χ4v) is 2.47. The molecular formula is C17H23NO4S2. The summed E-state index contributed by atoms with van der Waals surface area (Å²) < 4.78 is 11.8. The maximum Gasteiger partial charge on any atom is 0.316 e. The SMILES string of the molecule is CC(C)OC(=O)CC(C(=O)OC(C)C)C(=S)N(S)c1ccccc1. The van der Waals surface area contributed by atoms with Crippen molar-refractivity contribution < 1.29 is 19.1 Å². The van der Waals surface area contributed by atoms with E-state index in [9.17, 15) is 9.59 Å². The van der Waals surface area contributed by atoms with E-state index in [4.69, 9.17) is 21.7 Å². The molecule has 0 fully saturated rings. The summed E-state index contributed by atoms with van der Waals surface area (Å²) in [6.45, 7) is 6.96. The number of para-hydroxylation sites is 1. The van der Waals surface area contributed by atoms with E-state index >= 15 is 0 Å². The molecule has 1 atom stereocenters. The molecule has 0 N–H and O–H groups in total. The first-order valence-electron chi connectivity index (χ1n) is 7.70. The number of esters is 2. The number of ether oxygens (including phenoxy) is 2. The van der Waals surface area contributed by atoms with E-state index in [1.165, 1.54) is 4.31 Å². The van der Waals surface area contributed by atoms with Gasteiger partial charge in [-0.3, -0.25) is 13.9 Å². The predicted molar refractivity (Wildman–Crippen MR) is 101 cm³/mol. The summed E-state index contributed by atoms with van der Waals surface area (Å²) in [5.41, 5.74) is 0.699. The van der Waals surface area contributed by atoms with Gasteiger partial charge in [-0.2, -0.15) is 0 Å². The van der Waals surface area contributed by atoms with Crippen LogP contribution < -0.4 is 4.31 Å². The zero-order valence-corrected chi connectivity index (χ0v) is 16.0. The maximum atomic E-state index is 12.4. The van der Waals surface area contributed by atoms with Crippen LogP contribution in [0.15, 0.2) is 30.3 Å². The molecule has 1 aromatic rings. The highest BCUT2D eigenvalue weighted by Crippen LogP contribution is 2.23. The average Bonchev–Trinajstić information content (AvgIpc) is 2.50. The zero-order valence-electron chi connectivity index (χ0n) is 14.3. The maximum absolute atomic E-state index is 12.4. The third-order valence-electron chi connectivity index (χ3n) is 2.88. The Balaban J connectivity index is 2.96. The molecule has 1 rings (SSSR count). The van der Waals surface area contributed by atoms with Gasteiger partial charge in [-0.05, 0) is 39.8 Å². The molecule has 1 aromatic carbocycles. The van der Waals surface area contributed by atoms with Gasteiger partial charge in [0.15, 0.2) is 0 Å². The summed E-state index contributed by atoms with van der Waals surface area (Å²) in [5.74, 6) is -2.01. The molecule has 1 unspecified atom stereocenters. The number of benzene rings is 1. The molecule has 0 saturated heterocycles. The number of hydrogen-bond donors (Lipinski definition) is 1. The van der Waals surface area contributed by atoms with Crippen molar-refractivity contribution in [1.82, 2.24) is 0 Å². The molecule has 0 aliphatic heterocycles. The van der Waals surface area contributed by atoms with Gasteiger partial charge < -0.3 is 9.47 Å². The van der Waals surface area contributed by atoms with Crippen molar-refractivity contribution in [3.05, 3.63) is 30.3 Å². The van der Waals surface area contributed by atoms with Crippen molar-refractivity contribution in [2.75, 3.05) is 4.31 Å². The molecule has 0 spiro atoms. The van der Waals surface area contributed by atoms with Gasteiger partial charge in [0.05, 0.1) is 24.3 Å². The highest BCUT2D eigenvalue weighted by Gasteiger charge is 2.32. The van der Waals surface area contributed by atoms with Crippen LogP contribution >= 0.6 is 25.0 Å². The van der Waals surface area contributed by atoms with Crippen molar-refractivity contribution in [2.24, 2.45) is 5.92 Å². The molecule has 7 heteroatoms. The lowest BCUT2D eigenvalue weighted by atomic mass is 10.1. The first-order valence-corrected chi connectivity index (χ1v) is 8.51. The van der Waals surface area contributed by atoms with Crippen LogP contribution in [0.4, 0.5) is 5.69 Å². The van der Waals surface area contributed by atoms with Crippen LogP contribution in [0.2, 0.25) is 0 Å². The molecule has 0 aliphatic carbocycles. The summed E-state index contributed by atoms with van der Waals surface area (Å²) in [7, 11) is 0. The number of thiol groups is 1. The summed E-state index contributed by atoms with van der Waals surface area (Å²) in [4.78, 5) is 24.5. The second-order valence-corrected chi connectivity index (χ2v) is 6.58. The molecule has 0 amide bonds. The minimum atomic E-state index is -0.939. The van der Waals surface area contributed by atoms with E-state index in [0.717, 1.165) is 0 Å². The van der Waals surface area contributed by atoms with Gasteiger partial charge >= 0.3 is 11.9 Å².